The van der Waals surface area contributed by atoms with Gasteiger partial charge in [-0.3, -0.25) is 4.79 Å². The summed E-state index contributed by atoms with van der Waals surface area (Å²) >= 11 is 0. The molecule has 0 amide bonds. The Balaban J connectivity index is 3.39. The summed E-state index contributed by atoms with van der Waals surface area (Å²) in [5.74, 6) is -0.993. The molecule has 0 unspecified atom stereocenters. The highest BCUT2D eigenvalue weighted by Crippen LogP contribution is 2.13. The monoisotopic (exact) mass is 181 g/mol. The predicted octanol–water partition coefficient (Wildman–Crippen LogP) is 1.33. The molecule has 1 aromatic rings. The first-order chi connectivity index (χ1) is 6.11. The zero-order valence-electron chi connectivity index (χ0n) is 7.57. The van der Waals surface area contributed by atoms with Crippen LogP contribution in [0.15, 0.2) is 6.07 Å². The van der Waals surface area contributed by atoms with Gasteiger partial charge in [0.15, 0.2) is 6.29 Å². The van der Waals surface area contributed by atoms with E-state index in [0.717, 1.165) is 0 Å². The summed E-state index contributed by atoms with van der Waals surface area (Å²) in [6.07, 6.45) is 0.670. The maximum Gasteiger partial charge on any atom is 0.352 e. The summed E-state index contributed by atoms with van der Waals surface area (Å²) < 4.78 is 1.49. The maximum absolute atomic E-state index is 10.8. The number of carboxylic acids is 1. The average molecular weight is 181 g/mol. The molecule has 0 fully saturated rings. The number of aryl methyl sites for hydroxylation is 1. The van der Waals surface area contributed by atoms with Crippen LogP contribution in [0.2, 0.25) is 0 Å². The molecule has 13 heavy (non-hydrogen) atoms. The Morgan fingerprint density at radius 2 is 2.31 bits per heavy atom. The highest BCUT2D eigenvalue weighted by molar-refractivity contribution is 5.90. The topological polar surface area (TPSA) is 59.3 Å². The fourth-order valence-electron chi connectivity index (χ4n) is 1.43. The van der Waals surface area contributed by atoms with E-state index in [9.17, 15) is 9.59 Å². The Hall–Kier alpha value is -1.58. The maximum atomic E-state index is 10.8. The van der Waals surface area contributed by atoms with Gasteiger partial charge in [0.2, 0.25) is 0 Å². The van der Waals surface area contributed by atoms with Gasteiger partial charge in [-0.05, 0) is 25.5 Å². The van der Waals surface area contributed by atoms with Gasteiger partial charge in [0.1, 0.15) is 5.69 Å². The van der Waals surface area contributed by atoms with Crippen LogP contribution in [0.3, 0.4) is 0 Å². The Kier molecular flexibility index (Phi) is 2.51. The molecule has 0 atom stereocenters. The Labute approximate surface area is 75.8 Å². The molecule has 0 aliphatic heterocycles. The van der Waals surface area contributed by atoms with Crippen molar-refractivity contribution >= 4 is 12.3 Å². The number of aromatic nitrogens is 1. The van der Waals surface area contributed by atoms with Crippen molar-refractivity contribution in [1.82, 2.24) is 4.57 Å². The molecule has 1 N–H and O–H groups in total. The second-order valence-corrected chi connectivity index (χ2v) is 2.77. The van der Waals surface area contributed by atoms with E-state index in [-0.39, 0.29) is 5.69 Å². The molecule has 0 spiro atoms. The number of carbonyl (C=O) groups excluding carboxylic acids is 1. The number of aldehydes is 1. The van der Waals surface area contributed by atoms with Crippen LogP contribution < -0.4 is 0 Å². The van der Waals surface area contributed by atoms with Crippen molar-refractivity contribution in [3.63, 3.8) is 0 Å². The normalized spacial score (nSPS) is 10.0. The van der Waals surface area contributed by atoms with E-state index < -0.39 is 5.97 Å². The van der Waals surface area contributed by atoms with Crippen LogP contribution in [-0.2, 0) is 6.54 Å². The third kappa shape index (κ3) is 1.47. The summed E-state index contributed by atoms with van der Waals surface area (Å²) in [4.78, 5) is 21.4. The van der Waals surface area contributed by atoms with Crippen LogP contribution in [-0.4, -0.2) is 21.9 Å². The summed E-state index contributed by atoms with van der Waals surface area (Å²) in [5.41, 5.74) is 1.23. The van der Waals surface area contributed by atoms with Crippen LogP contribution in [0.1, 0.15) is 33.5 Å². The summed E-state index contributed by atoms with van der Waals surface area (Å²) in [7, 11) is 0. The molecule has 0 aliphatic carbocycles. The largest absolute Gasteiger partial charge is 0.477 e. The Bertz CT molecular complexity index is 352. The third-order valence-electron chi connectivity index (χ3n) is 1.96. The quantitative estimate of drug-likeness (QED) is 0.715. The van der Waals surface area contributed by atoms with Crippen molar-refractivity contribution in [1.29, 1.82) is 0 Å². The highest BCUT2D eigenvalue weighted by Gasteiger charge is 2.16. The van der Waals surface area contributed by atoms with E-state index >= 15 is 0 Å². The molecule has 1 rings (SSSR count). The van der Waals surface area contributed by atoms with Gasteiger partial charge >= 0.3 is 5.97 Å². The molecule has 70 valence electrons. The summed E-state index contributed by atoms with van der Waals surface area (Å²) in [6.45, 7) is 3.98. The van der Waals surface area contributed by atoms with Crippen LogP contribution >= 0.6 is 0 Å². The zero-order chi connectivity index (χ0) is 10.0. The van der Waals surface area contributed by atoms with Gasteiger partial charge in [-0.25, -0.2) is 4.79 Å². The zero-order valence-corrected chi connectivity index (χ0v) is 7.57. The average Bonchev–Trinajstić information content (AvgIpc) is 2.41. The van der Waals surface area contributed by atoms with Crippen molar-refractivity contribution in [2.24, 2.45) is 0 Å². The minimum atomic E-state index is -0.993. The second-order valence-electron chi connectivity index (χ2n) is 2.77. The van der Waals surface area contributed by atoms with E-state index in [0.29, 0.717) is 24.1 Å². The van der Waals surface area contributed by atoms with Gasteiger partial charge in [0, 0.05) is 6.54 Å². The lowest BCUT2D eigenvalue weighted by atomic mass is 10.2. The second kappa shape index (κ2) is 3.43. The molecule has 0 radical (unpaired) electrons. The molecule has 4 nitrogen and oxygen atoms in total. The summed E-state index contributed by atoms with van der Waals surface area (Å²) in [5, 5.41) is 8.85. The number of aromatic carboxylic acids is 1. The molecular formula is C9H11NO3. The molecule has 0 aliphatic rings. The van der Waals surface area contributed by atoms with Crippen molar-refractivity contribution in [3.05, 3.63) is 23.0 Å². The van der Waals surface area contributed by atoms with Crippen molar-refractivity contribution in [2.75, 3.05) is 0 Å². The lowest BCUT2D eigenvalue weighted by molar-refractivity contribution is 0.0684. The van der Waals surface area contributed by atoms with E-state index in [4.69, 9.17) is 5.11 Å². The van der Waals surface area contributed by atoms with E-state index in [1.54, 1.807) is 19.9 Å². The third-order valence-corrected chi connectivity index (χ3v) is 1.96. The van der Waals surface area contributed by atoms with Gasteiger partial charge in [0.25, 0.3) is 0 Å². The highest BCUT2D eigenvalue weighted by atomic mass is 16.4. The predicted molar refractivity (Wildman–Crippen MR) is 47.2 cm³/mol. The van der Waals surface area contributed by atoms with Crippen molar-refractivity contribution < 1.29 is 14.7 Å². The first-order valence-corrected chi connectivity index (χ1v) is 4.00. The minimum Gasteiger partial charge on any atom is -0.477 e. The molecule has 0 saturated carbocycles. The summed E-state index contributed by atoms with van der Waals surface area (Å²) in [6, 6.07) is 1.58. The molecular weight excluding hydrogens is 170 g/mol. The van der Waals surface area contributed by atoms with Crippen molar-refractivity contribution in [2.45, 2.75) is 20.4 Å². The van der Waals surface area contributed by atoms with Gasteiger partial charge in [-0.2, -0.15) is 0 Å². The number of hydrogen-bond donors (Lipinski definition) is 1. The molecule has 1 heterocycles. The van der Waals surface area contributed by atoms with Crippen LogP contribution in [0, 0.1) is 6.92 Å². The van der Waals surface area contributed by atoms with Crippen LogP contribution in [0.25, 0.3) is 0 Å². The minimum absolute atomic E-state index is 0.199. The van der Waals surface area contributed by atoms with Gasteiger partial charge in [-0.15, -0.1) is 0 Å². The number of nitrogens with zero attached hydrogens (tertiary/aromatic N) is 1. The molecule has 1 aromatic heterocycles. The molecule has 0 bridgehead atoms. The van der Waals surface area contributed by atoms with E-state index in [2.05, 4.69) is 0 Å². The number of rotatable bonds is 3. The SMILES string of the molecule is CCn1c(C=O)cc(C)c1C(=O)O. The number of hydrogen-bond acceptors (Lipinski definition) is 2. The fraction of sp³-hybridized carbons (Fsp3) is 0.333. The number of carbonyl (C=O) groups is 2. The smallest absolute Gasteiger partial charge is 0.352 e. The standard InChI is InChI=1S/C9H11NO3/c1-3-10-7(5-11)4-6(2)8(10)9(12)13/h4-5H,3H2,1-2H3,(H,12,13). The molecule has 4 heteroatoms. The van der Waals surface area contributed by atoms with Gasteiger partial charge in [-0.1, -0.05) is 0 Å². The van der Waals surface area contributed by atoms with Crippen molar-refractivity contribution in [3.8, 4) is 0 Å². The Morgan fingerprint density at radius 3 is 2.69 bits per heavy atom. The van der Waals surface area contributed by atoms with Gasteiger partial charge < -0.3 is 9.67 Å². The molecule has 0 saturated heterocycles. The van der Waals surface area contributed by atoms with Gasteiger partial charge in [0.05, 0.1) is 5.69 Å². The lowest BCUT2D eigenvalue weighted by Gasteiger charge is -2.04. The number of carboxylic acid groups (broad SMARTS) is 1. The molecule has 0 aromatic carbocycles. The van der Waals surface area contributed by atoms with E-state index in [1.807, 2.05) is 0 Å². The Morgan fingerprint density at radius 1 is 1.69 bits per heavy atom. The fourth-order valence-corrected chi connectivity index (χ4v) is 1.43. The first kappa shape index (κ1) is 9.51. The van der Waals surface area contributed by atoms with E-state index in [1.165, 1.54) is 4.57 Å². The first-order valence-electron chi connectivity index (χ1n) is 4.00. The van der Waals surface area contributed by atoms with Crippen LogP contribution in [0.5, 0.6) is 0 Å². The lowest BCUT2D eigenvalue weighted by Crippen LogP contribution is -2.10. The van der Waals surface area contributed by atoms with Crippen LogP contribution in [0.4, 0.5) is 0 Å².